The molecule has 0 spiro atoms. The minimum atomic E-state index is -2.64. The van der Waals surface area contributed by atoms with Gasteiger partial charge in [0.25, 0.3) is 5.91 Å². The summed E-state index contributed by atoms with van der Waals surface area (Å²) < 4.78 is 4.90. The van der Waals surface area contributed by atoms with Crippen LogP contribution < -0.4 is 16.0 Å². The number of fused-ring (bicyclic) bond motifs is 3. The summed E-state index contributed by atoms with van der Waals surface area (Å²) in [6.45, 7) is 6.65. The SMILES string of the molecule is C/C=C\[C@H]1C(O)=C(C(N)=O)C(=N)[C@@]2(O)C(=O)C3=C(O)c4c(O)c(CNC(=O)OCC)cc(N(C)C)c4C[C@@]3(C)C[C@@]12C. The molecule has 1 saturated carbocycles. The molecule has 0 heterocycles. The first-order chi connectivity index (χ1) is 19.5. The van der Waals surface area contributed by atoms with Crippen molar-refractivity contribution in [1.29, 1.82) is 5.41 Å². The first-order valence-electron chi connectivity index (χ1n) is 13.6. The maximum absolute atomic E-state index is 14.4. The van der Waals surface area contributed by atoms with Crippen LogP contribution in [0.4, 0.5) is 10.5 Å². The number of nitrogens with one attached hydrogen (secondary N) is 2. The van der Waals surface area contributed by atoms with E-state index in [4.69, 9.17) is 15.9 Å². The van der Waals surface area contributed by atoms with Gasteiger partial charge in [-0.3, -0.25) is 9.59 Å². The summed E-state index contributed by atoms with van der Waals surface area (Å²) in [5.74, 6) is -4.70. The highest BCUT2D eigenvalue weighted by Crippen LogP contribution is 2.64. The lowest BCUT2D eigenvalue weighted by Crippen LogP contribution is -2.70. The van der Waals surface area contributed by atoms with Gasteiger partial charge >= 0.3 is 6.09 Å². The number of allylic oxidation sites excluding steroid dienone is 2. The van der Waals surface area contributed by atoms with Gasteiger partial charge in [0, 0.05) is 54.2 Å². The summed E-state index contributed by atoms with van der Waals surface area (Å²) >= 11 is 0. The van der Waals surface area contributed by atoms with Crippen molar-refractivity contribution in [2.45, 2.75) is 52.7 Å². The van der Waals surface area contributed by atoms with E-state index < -0.39 is 62.9 Å². The highest BCUT2D eigenvalue weighted by molar-refractivity contribution is 6.34. The number of nitrogens with two attached hydrogens (primary N) is 1. The van der Waals surface area contributed by atoms with E-state index in [2.05, 4.69) is 5.32 Å². The monoisotopic (exact) mass is 582 g/mol. The van der Waals surface area contributed by atoms with Gasteiger partial charge < -0.3 is 46.5 Å². The van der Waals surface area contributed by atoms with E-state index in [9.17, 15) is 34.8 Å². The zero-order valence-corrected chi connectivity index (χ0v) is 24.6. The number of aliphatic hydroxyl groups is 3. The summed E-state index contributed by atoms with van der Waals surface area (Å²) in [5, 5.41) is 57.7. The highest BCUT2D eigenvalue weighted by Gasteiger charge is 2.70. The van der Waals surface area contributed by atoms with Crippen molar-refractivity contribution in [2.24, 2.45) is 22.5 Å². The molecule has 1 aromatic rings. The van der Waals surface area contributed by atoms with Crippen LogP contribution in [0.1, 0.15) is 50.8 Å². The number of carbonyl (C=O) groups excluding carboxylic acids is 3. The molecule has 0 aliphatic heterocycles. The smallest absolute Gasteiger partial charge is 0.407 e. The Morgan fingerprint density at radius 1 is 1.26 bits per heavy atom. The number of alkyl carbamates (subject to hydrolysis) is 1. The minimum Gasteiger partial charge on any atom is -0.511 e. The zero-order valence-electron chi connectivity index (χ0n) is 24.6. The Bertz CT molecular complexity index is 1510. The Morgan fingerprint density at radius 2 is 1.90 bits per heavy atom. The van der Waals surface area contributed by atoms with E-state index in [-0.39, 0.29) is 48.4 Å². The van der Waals surface area contributed by atoms with Crippen molar-refractivity contribution in [3.8, 4) is 5.75 Å². The Balaban J connectivity index is 2.00. The highest BCUT2D eigenvalue weighted by atomic mass is 16.5. The number of phenolic OH excluding ortho intramolecular Hbond substituents is 1. The molecule has 0 aromatic heterocycles. The second-order valence-corrected chi connectivity index (χ2v) is 11.8. The number of amides is 2. The molecular weight excluding hydrogens is 544 g/mol. The molecule has 1 fully saturated rings. The largest absolute Gasteiger partial charge is 0.511 e. The molecule has 0 bridgehead atoms. The summed E-state index contributed by atoms with van der Waals surface area (Å²) in [6, 6.07) is 1.68. The van der Waals surface area contributed by atoms with Gasteiger partial charge in [0.1, 0.15) is 22.8 Å². The van der Waals surface area contributed by atoms with Crippen LogP contribution in [0.3, 0.4) is 0 Å². The number of hydrogen-bond donors (Lipinski definition) is 7. The van der Waals surface area contributed by atoms with E-state index in [1.165, 1.54) is 0 Å². The number of rotatable bonds is 6. The fourth-order valence-electron chi connectivity index (χ4n) is 7.12. The number of nitrogens with zero attached hydrogens (tertiary/aromatic N) is 1. The zero-order chi connectivity index (χ0) is 31.5. The van der Waals surface area contributed by atoms with Crippen LogP contribution in [0.2, 0.25) is 0 Å². The Labute approximate surface area is 243 Å². The first kappa shape index (κ1) is 30.6. The molecular formula is C30H38N4O8. The van der Waals surface area contributed by atoms with E-state index in [0.29, 0.717) is 11.3 Å². The standard InChI is InChI=1S/C30H38N4O8/c1-7-9-16-22(36)19(26(32)39)24(31)30(41)25(38)20-23(37)18-15(11-28(20,3)13-29(16,30)4)17(34(5)6)10-14(21(18)35)12-33-27(40)42-8-2/h7,9-10,16,31,35-37,41H,8,11-13H2,1-6H3,(H2,32,39)(H,33,40)/b9-7-,31-24?/t16-,28-,29-,30+/m0/s1. The van der Waals surface area contributed by atoms with Crippen LogP contribution in [0.15, 0.2) is 35.1 Å². The lowest BCUT2D eigenvalue weighted by molar-refractivity contribution is -0.152. The molecule has 3 aliphatic rings. The lowest BCUT2D eigenvalue weighted by Gasteiger charge is -2.59. The average molecular weight is 583 g/mol. The van der Waals surface area contributed by atoms with E-state index in [0.717, 1.165) is 0 Å². The molecule has 226 valence electrons. The number of Topliss-reactive ketones (excluding diaryl/α,β-unsaturated/α-hetero) is 1. The quantitative estimate of drug-likeness (QED) is 0.246. The van der Waals surface area contributed by atoms with Gasteiger partial charge in [-0.15, -0.1) is 0 Å². The van der Waals surface area contributed by atoms with Crippen molar-refractivity contribution in [1.82, 2.24) is 5.32 Å². The first-order valence-corrected chi connectivity index (χ1v) is 13.6. The van der Waals surface area contributed by atoms with Gasteiger partial charge in [-0.2, -0.15) is 0 Å². The molecule has 8 N–H and O–H groups in total. The molecule has 0 radical (unpaired) electrons. The molecule has 12 nitrogen and oxygen atoms in total. The fourth-order valence-corrected chi connectivity index (χ4v) is 7.12. The summed E-state index contributed by atoms with van der Waals surface area (Å²) in [5.41, 5.74) is -0.133. The van der Waals surface area contributed by atoms with Crippen LogP contribution in [-0.2, 0) is 27.3 Å². The summed E-state index contributed by atoms with van der Waals surface area (Å²) in [6.07, 6.45) is 2.62. The van der Waals surface area contributed by atoms with E-state index in [1.807, 2.05) is 0 Å². The number of primary amides is 1. The lowest BCUT2D eigenvalue weighted by atomic mass is 9.44. The van der Waals surface area contributed by atoms with Gasteiger partial charge in [-0.05, 0) is 38.3 Å². The van der Waals surface area contributed by atoms with Crippen LogP contribution in [0, 0.1) is 22.2 Å². The summed E-state index contributed by atoms with van der Waals surface area (Å²) in [7, 11) is 3.55. The number of carbonyl (C=O) groups is 3. The fraction of sp³-hybridized carbons (Fsp3) is 0.467. The number of aliphatic hydroxyl groups excluding tert-OH is 2. The van der Waals surface area contributed by atoms with Crippen LogP contribution >= 0.6 is 0 Å². The molecule has 12 heteroatoms. The number of hydrogen-bond acceptors (Lipinski definition) is 10. The van der Waals surface area contributed by atoms with Crippen LogP contribution in [-0.4, -0.2) is 70.2 Å². The van der Waals surface area contributed by atoms with Gasteiger partial charge in [0.05, 0.1) is 17.9 Å². The van der Waals surface area contributed by atoms with Gasteiger partial charge in [0.2, 0.25) is 5.78 Å². The number of ketones is 1. The number of benzene rings is 1. The van der Waals surface area contributed by atoms with Crippen LogP contribution in [0.5, 0.6) is 5.75 Å². The van der Waals surface area contributed by atoms with E-state index in [1.54, 1.807) is 64.9 Å². The maximum Gasteiger partial charge on any atom is 0.407 e. The van der Waals surface area contributed by atoms with Crippen molar-refractivity contribution in [3.63, 3.8) is 0 Å². The predicted molar refractivity (Wildman–Crippen MR) is 155 cm³/mol. The number of ether oxygens (including phenoxy) is 1. The number of anilines is 1. The molecule has 1 aromatic carbocycles. The molecule has 0 saturated heterocycles. The Morgan fingerprint density at radius 3 is 2.45 bits per heavy atom. The summed E-state index contributed by atoms with van der Waals surface area (Å²) in [4.78, 5) is 40.5. The molecule has 3 aliphatic carbocycles. The van der Waals surface area contributed by atoms with Gasteiger partial charge in [-0.25, -0.2) is 4.79 Å². The normalized spacial score (nSPS) is 28.8. The van der Waals surface area contributed by atoms with Gasteiger partial charge in [0.15, 0.2) is 5.60 Å². The third-order valence-corrected chi connectivity index (χ3v) is 8.91. The van der Waals surface area contributed by atoms with Crippen molar-refractivity contribution >= 4 is 34.9 Å². The third kappa shape index (κ3) is 4.07. The average Bonchev–Trinajstić information content (AvgIpc) is 2.88. The Hall–Kier alpha value is -4.32. The van der Waals surface area contributed by atoms with Crippen molar-refractivity contribution in [2.75, 3.05) is 25.6 Å². The molecule has 42 heavy (non-hydrogen) atoms. The predicted octanol–water partition coefficient (Wildman–Crippen LogP) is 2.77. The number of aromatic hydroxyl groups is 1. The topological polar surface area (TPSA) is 206 Å². The number of phenols is 1. The van der Waals surface area contributed by atoms with Crippen molar-refractivity contribution < 1.29 is 39.5 Å². The minimum absolute atomic E-state index is 0.00829. The maximum atomic E-state index is 14.4. The second-order valence-electron chi connectivity index (χ2n) is 11.8. The van der Waals surface area contributed by atoms with Gasteiger partial charge in [-0.1, -0.05) is 26.0 Å². The van der Waals surface area contributed by atoms with Crippen LogP contribution in [0.25, 0.3) is 5.76 Å². The molecule has 4 atom stereocenters. The molecule has 0 unspecified atom stereocenters. The van der Waals surface area contributed by atoms with E-state index >= 15 is 0 Å². The van der Waals surface area contributed by atoms with Crippen molar-refractivity contribution in [3.05, 3.63) is 51.8 Å². The third-order valence-electron chi connectivity index (χ3n) is 8.91. The second kappa shape index (κ2) is 10.2. The Kier molecular flexibility index (Phi) is 7.44. The molecule has 2 amide bonds. The molecule has 4 rings (SSSR count).